The topological polar surface area (TPSA) is 97.3 Å². The van der Waals surface area contributed by atoms with E-state index in [4.69, 9.17) is 9.47 Å². The number of methoxy groups -OCH3 is 2. The van der Waals surface area contributed by atoms with Crippen LogP contribution in [0, 0.1) is 5.82 Å². The maximum atomic E-state index is 13.1. The summed E-state index contributed by atoms with van der Waals surface area (Å²) in [7, 11) is -0.793. The number of sulfonamides is 1. The van der Waals surface area contributed by atoms with Gasteiger partial charge in [0, 0.05) is 5.56 Å². The molecule has 1 N–H and O–H groups in total. The van der Waals surface area contributed by atoms with Gasteiger partial charge in [-0.25, -0.2) is 18.2 Å². The molecular formula is C18H20FN3O5S. The molecule has 2 aromatic carbocycles. The highest BCUT2D eigenvalue weighted by Crippen LogP contribution is 2.29. The highest BCUT2D eigenvalue weighted by Gasteiger charge is 2.20. The molecule has 0 fully saturated rings. The van der Waals surface area contributed by atoms with Gasteiger partial charge in [0.15, 0.2) is 11.5 Å². The van der Waals surface area contributed by atoms with Gasteiger partial charge in [0.05, 0.1) is 32.4 Å². The number of amides is 1. The van der Waals surface area contributed by atoms with Crippen LogP contribution >= 0.6 is 0 Å². The lowest BCUT2D eigenvalue weighted by Crippen LogP contribution is -2.39. The summed E-state index contributed by atoms with van der Waals surface area (Å²) >= 11 is 0. The summed E-state index contributed by atoms with van der Waals surface area (Å²) in [5.74, 6) is -0.254. The van der Waals surface area contributed by atoms with Crippen LogP contribution in [0.15, 0.2) is 47.6 Å². The van der Waals surface area contributed by atoms with E-state index >= 15 is 0 Å². The number of halogens is 1. The summed E-state index contributed by atoms with van der Waals surface area (Å²) < 4.78 is 48.3. The van der Waals surface area contributed by atoms with Crippen molar-refractivity contribution >= 4 is 27.8 Å². The van der Waals surface area contributed by atoms with Crippen molar-refractivity contribution in [3.05, 3.63) is 53.8 Å². The molecule has 28 heavy (non-hydrogen) atoms. The van der Waals surface area contributed by atoms with Crippen molar-refractivity contribution in [2.75, 3.05) is 31.3 Å². The second-order valence-corrected chi connectivity index (χ2v) is 7.53. The molecule has 10 heteroatoms. The maximum Gasteiger partial charge on any atom is 0.260 e. The van der Waals surface area contributed by atoms with E-state index in [9.17, 15) is 17.6 Å². The molecule has 0 aromatic heterocycles. The Labute approximate surface area is 162 Å². The fraction of sp³-hybridized carbons (Fsp3) is 0.222. The molecule has 1 amide bonds. The fourth-order valence-corrected chi connectivity index (χ4v) is 3.22. The van der Waals surface area contributed by atoms with Gasteiger partial charge >= 0.3 is 0 Å². The number of hydrazone groups is 1. The predicted octanol–water partition coefficient (Wildman–Crippen LogP) is 1.76. The SMILES string of the molecule is COc1cccc(/C=N\NC(=O)CN(c2ccc(F)cc2)S(C)(=O)=O)c1OC. The number of carbonyl (C=O) groups is 1. The average Bonchev–Trinajstić information content (AvgIpc) is 2.65. The lowest BCUT2D eigenvalue weighted by atomic mass is 10.2. The van der Waals surface area contributed by atoms with E-state index in [-0.39, 0.29) is 5.69 Å². The first-order chi connectivity index (χ1) is 13.3. The Morgan fingerprint density at radius 3 is 2.43 bits per heavy atom. The van der Waals surface area contributed by atoms with Gasteiger partial charge in [-0.05, 0) is 36.4 Å². The molecule has 8 nitrogen and oxygen atoms in total. The second kappa shape index (κ2) is 9.18. The van der Waals surface area contributed by atoms with Gasteiger partial charge in [0.2, 0.25) is 10.0 Å². The van der Waals surface area contributed by atoms with Gasteiger partial charge in [-0.3, -0.25) is 9.10 Å². The van der Waals surface area contributed by atoms with E-state index in [1.54, 1.807) is 18.2 Å². The molecule has 2 rings (SSSR count). The molecule has 2 aromatic rings. The molecule has 0 aliphatic heterocycles. The van der Waals surface area contributed by atoms with Crippen molar-refractivity contribution in [1.29, 1.82) is 0 Å². The quantitative estimate of drug-likeness (QED) is 0.529. The third kappa shape index (κ3) is 5.43. The van der Waals surface area contributed by atoms with E-state index in [2.05, 4.69) is 10.5 Å². The van der Waals surface area contributed by atoms with Crippen LogP contribution in [-0.4, -0.2) is 47.6 Å². The Kier molecular flexibility index (Phi) is 6.94. The van der Waals surface area contributed by atoms with Gasteiger partial charge in [-0.2, -0.15) is 5.10 Å². The molecule has 0 radical (unpaired) electrons. The first-order valence-corrected chi connectivity index (χ1v) is 9.87. The standard InChI is InChI=1S/C18H20FN3O5S/c1-26-16-6-4-5-13(18(16)27-2)11-20-21-17(23)12-22(28(3,24)25)15-9-7-14(19)8-10-15/h4-11H,12H2,1-3H3,(H,21,23)/b20-11-. The monoisotopic (exact) mass is 409 g/mol. The van der Waals surface area contributed by atoms with Crippen LogP contribution < -0.4 is 19.2 Å². The number of hydrogen-bond acceptors (Lipinski definition) is 6. The zero-order valence-electron chi connectivity index (χ0n) is 15.5. The first-order valence-electron chi connectivity index (χ1n) is 8.02. The first kappa shape index (κ1) is 21.2. The Balaban J connectivity index is 2.12. The minimum Gasteiger partial charge on any atom is -0.493 e. The van der Waals surface area contributed by atoms with E-state index in [0.717, 1.165) is 22.7 Å². The minimum absolute atomic E-state index is 0.164. The molecule has 0 unspecified atom stereocenters. The van der Waals surface area contributed by atoms with Crippen molar-refractivity contribution in [3.63, 3.8) is 0 Å². The van der Waals surface area contributed by atoms with Crippen LogP contribution in [0.5, 0.6) is 11.5 Å². The van der Waals surface area contributed by atoms with Crippen molar-refractivity contribution in [2.45, 2.75) is 0 Å². The lowest BCUT2D eigenvalue weighted by Gasteiger charge is -2.21. The molecule has 0 aliphatic carbocycles. The molecule has 0 saturated heterocycles. The number of benzene rings is 2. The molecular weight excluding hydrogens is 389 g/mol. The van der Waals surface area contributed by atoms with Crippen LogP contribution in [0.2, 0.25) is 0 Å². The fourth-order valence-electron chi connectivity index (χ4n) is 2.36. The molecule has 0 spiro atoms. The number of nitrogens with one attached hydrogen (secondary N) is 1. The van der Waals surface area contributed by atoms with Crippen LogP contribution in [-0.2, 0) is 14.8 Å². The van der Waals surface area contributed by atoms with Gasteiger partial charge in [-0.1, -0.05) is 6.07 Å². The summed E-state index contributed by atoms with van der Waals surface area (Å²) in [5, 5.41) is 3.83. The predicted molar refractivity (Wildman–Crippen MR) is 104 cm³/mol. The van der Waals surface area contributed by atoms with Crippen molar-refractivity contribution in [2.24, 2.45) is 5.10 Å². The van der Waals surface area contributed by atoms with Crippen LogP contribution in [0.1, 0.15) is 5.56 Å². The Bertz CT molecular complexity index is 962. The number of anilines is 1. The Morgan fingerprint density at radius 2 is 1.86 bits per heavy atom. The normalized spacial score (nSPS) is 11.3. The van der Waals surface area contributed by atoms with E-state index in [0.29, 0.717) is 17.1 Å². The second-order valence-electron chi connectivity index (χ2n) is 5.62. The van der Waals surface area contributed by atoms with Crippen LogP contribution in [0.4, 0.5) is 10.1 Å². The van der Waals surface area contributed by atoms with Crippen molar-refractivity contribution in [1.82, 2.24) is 5.43 Å². The lowest BCUT2D eigenvalue weighted by molar-refractivity contribution is -0.119. The number of para-hydroxylation sites is 1. The van der Waals surface area contributed by atoms with Crippen LogP contribution in [0.3, 0.4) is 0 Å². The highest BCUT2D eigenvalue weighted by molar-refractivity contribution is 7.92. The maximum absolute atomic E-state index is 13.1. The van der Waals surface area contributed by atoms with Crippen molar-refractivity contribution < 1.29 is 27.1 Å². The molecule has 150 valence electrons. The number of rotatable bonds is 8. The Hall–Kier alpha value is -3.14. The number of nitrogens with zero attached hydrogens (tertiary/aromatic N) is 2. The zero-order valence-corrected chi connectivity index (χ0v) is 16.4. The summed E-state index contributed by atoms with van der Waals surface area (Å²) in [6, 6.07) is 9.91. The smallest absolute Gasteiger partial charge is 0.260 e. The molecule has 0 saturated carbocycles. The minimum atomic E-state index is -3.76. The average molecular weight is 409 g/mol. The Morgan fingerprint density at radius 1 is 1.18 bits per heavy atom. The van der Waals surface area contributed by atoms with E-state index in [1.165, 1.54) is 32.6 Å². The van der Waals surface area contributed by atoms with Gasteiger partial charge in [0.1, 0.15) is 12.4 Å². The molecule has 0 bridgehead atoms. The van der Waals surface area contributed by atoms with Crippen LogP contribution in [0.25, 0.3) is 0 Å². The van der Waals surface area contributed by atoms with E-state index < -0.39 is 28.3 Å². The third-order valence-corrected chi connectivity index (χ3v) is 4.77. The van der Waals surface area contributed by atoms with Gasteiger partial charge in [-0.15, -0.1) is 0 Å². The summed E-state index contributed by atoms with van der Waals surface area (Å²) in [4.78, 5) is 12.1. The summed E-state index contributed by atoms with van der Waals surface area (Å²) in [5.41, 5.74) is 2.98. The number of hydrogen-bond donors (Lipinski definition) is 1. The third-order valence-electron chi connectivity index (χ3n) is 3.63. The van der Waals surface area contributed by atoms with Gasteiger partial charge in [0.25, 0.3) is 5.91 Å². The molecule has 0 aliphatic rings. The molecule has 0 heterocycles. The summed E-state index contributed by atoms with van der Waals surface area (Å²) in [6.45, 7) is -0.517. The number of carbonyl (C=O) groups excluding carboxylic acids is 1. The van der Waals surface area contributed by atoms with E-state index in [1.807, 2.05) is 0 Å². The van der Waals surface area contributed by atoms with Gasteiger partial charge < -0.3 is 9.47 Å². The number of ether oxygens (including phenoxy) is 2. The van der Waals surface area contributed by atoms with Crippen molar-refractivity contribution in [3.8, 4) is 11.5 Å². The zero-order chi connectivity index (χ0) is 20.7. The molecule has 0 atom stereocenters. The largest absolute Gasteiger partial charge is 0.493 e. The highest BCUT2D eigenvalue weighted by atomic mass is 32.2. The summed E-state index contributed by atoms with van der Waals surface area (Å²) in [6.07, 6.45) is 2.30.